The van der Waals surface area contributed by atoms with Crippen LogP contribution in [0.5, 0.6) is 5.75 Å². The van der Waals surface area contributed by atoms with E-state index in [1.807, 2.05) is 0 Å². The lowest BCUT2D eigenvalue weighted by molar-refractivity contribution is -0.274. The first-order valence-corrected chi connectivity index (χ1v) is 11.7. The molecule has 1 aliphatic carbocycles. The molecule has 0 bridgehead atoms. The molecule has 37 heavy (non-hydrogen) atoms. The molecule has 1 saturated carbocycles. The summed E-state index contributed by atoms with van der Waals surface area (Å²) in [6.07, 6.45) is -2.16. The monoisotopic (exact) mass is 523 g/mol. The summed E-state index contributed by atoms with van der Waals surface area (Å²) >= 11 is 0. The largest absolute Gasteiger partial charge is 0.573 e. The van der Waals surface area contributed by atoms with Gasteiger partial charge in [-0.25, -0.2) is 13.8 Å². The number of aromatic nitrogens is 2. The van der Waals surface area contributed by atoms with Crippen LogP contribution in [0.2, 0.25) is 0 Å². The molecule has 0 unspecified atom stereocenters. The van der Waals surface area contributed by atoms with Gasteiger partial charge in [-0.3, -0.25) is 4.79 Å². The fourth-order valence-corrected chi connectivity index (χ4v) is 4.34. The molecule has 1 amide bonds. The molecular weight excluding hydrogens is 497 g/mol. The van der Waals surface area contributed by atoms with Crippen molar-refractivity contribution in [2.24, 2.45) is 5.92 Å². The SMILES string of the molecule is CN(C)c1nc(N[C@H]2CC[C@@H](C(=O)NCc3ccc(OC(F)(F)F)cc3)CC2)nc2cc(F)c(F)cc12. The van der Waals surface area contributed by atoms with Crippen molar-refractivity contribution in [3.63, 3.8) is 0 Å². The van der Waals surface area contributed by atoms with E-state index >= 15 is 0 Å². The van der Waals surface area contributed by atoms with Crippen molar-refractivity contribution in [1.82, 2.24) is 15.3 Å². The number of hydrogen-bond acceptors (Lipinski definition) is 6. The third kappa shape index (κ3) is 6.75. The van der Waals surface area contributed by atoms with E-state index in [1.165, 1.54) is 24.3 Å². The number of nitrogens with one attached hydrogen (secondary N) is 2. The van der Waals surface area contributed by atoms with Gasteiger partial charge in [-0.15, -0.1) is 13.2 Å². The Bertz CT molecular complexity index is 1260. The lowest BCUT2D eigenvalue weighted by atomic mass is 9.85. The summed E-state index contributed by atoms with van der Waals surface area (Å²) in [7, 11) is 3.50. The molecule has 0 atom stereocenters. The topological polar surface area (TPSA) is 79.4 Å². The molecular formula is C25H26F5N5O2. The standard InChI is InChI=1S/C25H26F5N5O2/c1-35(2)22-18-11-19(26)20(27)12-21(18)33-24(34-22)32-16-7-5-15(6-8-16)23(36)31-13-14-3-9-17(10-4-14)37-25(28,29)30/h3-4,9-12,15-16H,5-8,13H2,1-2H3,(H,31,36)(H,32,33,34)/t15-,16+. The summed E-state index contributed by atoms with van der Waals surface area (Å²) in [5, 5.41) is 6.48. The maximum atomic E-state index is 13.8. The van der Waals surface area contributed by atoms with E-state index in [0.717, 1.165) is 12.1 Å². The minimum Gasteiger partial charge on any atom is -0.406 e. The van der Waals surface area contributed by atoms with E-state index in [4.69, 9.17) is 0 Å². The Labute approximate surface area is 210 Å². The molecule has 1 fully saturated rings. The number of amides is 1. The van der Waals surface area contributed by atoms with Crippen LogP contribution in [-0.4, -0.2) is 42.4 Å². The van der Waals surface area contributed by atoms with Crippen LogP contribution in [0.15, 0.2) is 36.4 Å². The van der Waals surface area contributed by atoms with Crippen molar-refractivity contribution in [2.75, 3.05) is 24.3 Å². The zero-order valence-corrected chi connectivity index (χ0v) is 20.2. The number of rotatable bonds is 7. The summed E-state index contributed by atoms with van der Waals surface area (Å²) < 4.78 is 68.2. The molecule has 0 aliphatic heterocycles. The quantitative estimate of drug-likeness (QED) is 0.417. The highest BCUT2D eigenvalue weighted by atomic mass is 19.4. The van der Waals surface area contributed by atoms with Crippen molar-refractivity contribution in [3.8, 4) is 5.75 Å². The number of anilines is 2. The van der Waals surface area contributed by atoms with Crippen molar-refractivity contribution in [3.05, 3.63) is 53.6 Å². The summed E-state index contributed by atoms with van der Waals surface area (Å²) in [6, 6.07) is 7.46. The van der Waals surface area contributed by atoms with Gasteiger partial charge in [0.05, 0.1) is 5.52 Å². The lowest BCUT2D eigenvalue weighted by Crippen LogP contribution is -2.35. The third-order valence-corrected chi connectivity index (χ3v) is 6.20. The first kappa shape index (κ1) is 26.4. The third-order valence-electron chi connectivity index (χ3n) is 6.20. The highest BCUT2D eigenvalue weighted by Gasteiger charge is 2.31. The number of benzene rings is 2. The molecule has 1 heterocycles. The van der Waals surface area contributed by atoms with Crippen LogP contribution in [0.4, 0.5) is 33.7 Å². The molecule has 1 aliphatic rings. The van der Waals surface area contributed by atoms with Gasteiger partial charge in [0, 0.05) is 44.1 Å². The van der Waals surface area contributed by atoms with Gasteiger partial charge < -0.3 is 20.3 Å². The van der Waals surface area contributed by atoms with Gasteiger partial charge in [0.1, 0.15) is 11.6 Å². The van der Waals surface area contributed by atoms with Crippen molar-refractivity contribution in [2.45, 2.75) is 44.6 Å². The average molecular weight is 524 g/mol. The highest BCUT2D eigenvalue weighted by molar-refractivity contribution is 5.90. The number of hydrogen-bond donors (Lipinski definition) is 2. The highest BCUT2D eigenvalue weighted by Crippen LogP contribution is 2.30. The summed E-state index contributed by atoms with van der Waals surface area (Å²) in [5.74, 6) is -1.84. The fraction of sp³-hybridized carbons (Fsp3) is 0.400. The van der Waals surface area contributed by atoms with Crippen LogP contribution in [0.1, 0.15) is 31.2 Å². The van der Waals surface area contributed by atoms with Crippen LogP contribution < -0.4 is 20.3 Å². The van der Waals surface area contributed by atoms with Crippen LogP contribution in [0, 0.1) is 17.6 Å². The number of carbonyl (C=O) groups excluding carboxylic acids is 1. The Morgan fingerprint density at radius 3 is 2.30 bits per heavy atom. The van der Waals surface area contributed by atoms with Gasteiger partial charge in [0.15, 0.2) is 11.6 Å². The second-order valence-electron chi connectivity index (χ2n) is 9.15. The first-order valence-electron chi connectivity index (χ1n) is 11.7. The molecule has 12 heteroatoms. The smallest absolute Gasteiger partial charge is 0.406 e. The number of carbonyl (C=O) groups is 1. The van der Waals surface area contributed by atoms with Crippen molar-refractivity contribution < 1.29 is 31.5 Å². The molecule has 0 saturated heterocycles. The maximum Gasteiger partial charge on any atom is 0.573 e. The molecule has 2 N–H and O–H groups in total. The average Bonchev–Trinajstić information content (AvgIpc) is 2.83. The van der Waals surface area contributed by atoms with Crippen LogP contribution >= 0.6 is 0 Å². The second-order valence-corrected chi connectivity index (χ2v) is 9.15. The molecule has 198 valence electrons. The molecule has 3 aromatic rings. The normalized spacial score (nSPS) is 17.9. The first-order chi connectivity index (χ1) is 17.5. The Kier molecular flexibility index (Phi) is 7.65. The summed E-state index contributed by atoms with van der Waals surface area (Å²) in [6.45, 7) is 0.193. The van der Waals surface area contributed by atoms with Crippen molar-refractivity contribution in [1.29, 1.82) is 0 Å². The number of ether oxygens (including phenoxy) is 1. The number of fused-ring (bicyclic) bond motifs is 1. The minimum atomic E-state index is -4.75. The van der Waals surface area contributed by atoms with Crippen LogP contribution in [-0.2, 0) is 11.3 Å². The van der Waals surface area contributed by atoms with Gasteiger partial charge in [-0.2, -0.15) is 4.98 Å². The summed E-state index contributed by atoms with van der Waals surface area (Å²) in [4.78, 5) is 23.1. The fourth-order valence-electron chi connectivity index (χ4n) is 4.34. The van der Waals surface area contributed by atoms with E-state index < -0.39 is 18.0 Å². The van der Waals surface area contributed by atoms with E-state index in [-0.39, 0.29) is 35.7 Å². The van der Waals surface area contributed by atoms with E-state index in [1.54, 1.807) is 19.0 Å². The van der Waals surface area contributed by atoms with Gasteiger partial charge in [-0.1, -0.05) is 12.1 Å². The van der Waals surface area contributed by atoms with Crippen LogP contribution in [0.25, 0.3) is 10.9 Å². The predicted molar refractivity (Wildman–Crippen MR) is 128 cm³/mol. The molecule has 7 nitrogen and oxygen atoms in total. The Balaban J connectivity index is 1.31. The van der Waals surface area contributed by atoms with Crippen molar-refractivity contribution >= 4 is 28.6 Å². The van der Waals surface area contributed by atoms with E-state index in [2.05, 4.69) is 25.3 Å². The maximum absolute atomic E-state index is 13.8. The van der Waals surface area contributed by atoms with E-state index in [0.29, 0.717) is 48.4 Å². The van der Waals surface area contributed by atoms with E-state index in [9.17, 15) is 26.7 Å². The molecule has 0 radical (unpaired) electrons. The summed E-state index contributed by atoms with van der Waals surface area (Å²) in [5.41, 5.74) is 0.936. The minimum absolute atomic E-state index is 0.00276. The molecule has 2 aromatic carbocycles. The molecule has 4 rings (SSSR count). The Morgan fingerprint density at radius 2 is 1.68 bits per heavy atom. The molecule has 1 aromatic heterocycles. The Hall–Kier alpha value is -3.70. The van der Waals surface area contributed by atoms with Gasteiger partial charge in [0.25, 0.3) is 0 Å². The van der Waals surface area contributed by atoms with Gasteiger partial charge in [-0.05, 0) is 49.4 Å². The number of halogens is 5. The second kappa shape index (κ2) is 10.7. The molecule has 0 spiro atoms. The van der Waals surface area contributed by atoms with Gasteiger partial charge >= 0.3 is 6.36 Å². The predicted octanol–water partition coefficient (Wildman–Crippen LogP) is 5.16. The number of alkyl halides is 3. The number of nitrogens with zero attached hydrogens (tertiary/aromatic N) is 3. The lowest BCUT2D eigenvalue weighted by Gasteiger charge is -2.28. The van der Waals surface area contributed by atoms with Gasteiger partial charge in [0.2, 0.25) is 11.9 Å². The van der Waals surface area contributed by atoms with Crippen LogP contribution in [0.3, 0.4) is 0 Å². The zero-order valence-electron chi connectivity index (χ0n) is 20.2. The Morgan fingerprint density at radius 1 is 1.03 bits per heavy atom. The zero-order chi connectivity index (χ0) is 26.7.